The number of carbonyl (C=O) groups is 1. The van der Waals surface area contributed by atoms with E-state index in [0.717, 1.165) is 29.7 Å². The van der Waals surface area contributed by atoms with Gasteiger partial charge in [-0.2, -0.15) is 5.10 Å². The molecule has 4 rings (SSSR count). The zero-order valence-electron chi connectivity index (χ0n) is 16.3. The highest BCUT2D eigenvalue weighted by atomic mass is 16.5. The molecule has 1 aromatic heterocycles. The lowest BCUT2D eigenvalue weighted by Crippen LogP contribution is -2.34. The summed E-state index contributed by atoms with van der Waals surface area (Å²) in [5.41, 5.74) is 2.16. The molecule has 0 atom stereocenters. The molecule has 3 aromatic rings. The van der Waals surface area contributed by atoms with Crippen molar-refractivity contribution in [3.63, 3.8) is 0 Å². The van der Waals surface area contributed by atoms with Crippen molar-refractivity contribution in [2.24, 2.45) is 5.92 Å². The van der Waals surface area contributed by atoms with E-state index >= 15 is 0 Å². The molecule has 29 heavy (non-hydrogen) atoms. The minimum Gasteiger partial charge on any atom is -0.497 e. The van der Waals surface area contributed by atoms with Gasteiger partial charge in [0.25, 0.3) is 11.5 Å². The molecule has 0 saturated heterocycles. The molecule has 148 valence electrons. The molecule has 6 nitrogen and oxygen atoms in total. The van der Waals surface area contributed by atoms with E-state index in [-0.39, 0.29) is 17.0 Å². The Morgan fingerprint density at radius 1 is 1.14 bits per heavy atom. The SMILES string of the molecule is COc1ccc(-c2cc(C(=O)NCc3ccccc3)c(=O)n(CC3CC3)n2)cc1. The number of methoxy groups -OCH3 is 1. The third-order valence-corrected chi connectivity index (χ3v) is 5.03. The first-order valence-corrected chi connectivity index (χ1v) is 9.73. The van der Waals surface area contributed by atoms with Crippen molar-refractivity contribution < 1.29 is 9.53 Å². The van der Waals surface area contributed by atoms with Gasteiger partial charge in [0.15, 0.2) is 0 Å². The summed E-state index contributed by atoms with van der Waals surface area (Å²) < 4.78 is 6.64. The van der Waals surface area contributed by atoms with Gasteiger partial charge in [0, 0.05) is 18.7 Å². The highest BCUT2D eigenvalue weighted by molar-refractivity contribution is 5.94. The molecule has 1 N–H and O–H groups in total. The number of nitrogens with zero attached hydrogens (tertiary/aromatic N) is 2. The lowest BCUT2D eigenvalue weighted by atomic mass is 10.1. The van der Waals surface area contributed by atoms with Crippen LogP contribution < -0.4 is 15.6 Å². The van der Waals surface area contributed by atoms with Crippen LogP contribution in [0.2, 0.25) is 0 Å². The van der Waals surface area contributed by atoms with E-state index in [1.54, 1.807) is 13.2 Å². The van der Waals surface area contributed by atoms with E-state index in [0.29, 0.717) is 24.7 Å². The first kappa shape index (κ1) is 18.9. The molecule has 6 heteroatoms. The summed E-state index contributed by atoms with van der Waals surface area (Å²) >= 11 is 0. The van der Waals surface area contributed by atoms with Crippen LogP contribution in [0.5, 0.6) is 5.75 Å². The number of amides is 1. The van der Waals surface area contributed by atoms with Crippen LogP contribution >= 0.6 is 0 Å². The number of carbonyl (C=O) groups excluding carboxylic acids is 1. The van der Waals surface area contributed by atoms with Crippen molar-refractivity contribution in [2.45, 2.75) is 25.9 Å². The first-order valence-electron chi connectivity index (χ1n) is 9.73. The molecule has 0 unspecified atom stereocenters. The Labute approximate surface area is 169 Å². The number of hydrogen-bond donors (Lipinski definition) is 1. The highest BCUT2D eigenvalue weighted by Crippen LogP contribution is 2.30. The van der Waals surface area contributed by atoms with E-state index in [1.165, 1.54) is 4.68 Å². The summed E-state index contributed by atoms with van der Waals surface area (Å²) in [6, 6.07) is 18.6. The van der Waals surface area contributed by atoms with Gasteiger partial charge in [0.1, 0.15) is 11.3 Å². The third kappa shape index (κ3) is 4.54. The Hall–Kier alpha value is -3.41. The van der Waals surface area contributed by atoms with Crippen molar-refractivity contribution >= 4 is 5.91 Å². The van der Waals surface area contributed by atoms with Crippen LogP contribution in [0.4, 0.5) is 0 Å². The van der Waals surface area contributed by atoms with Gasteiger partial charge in [-0.1, -0.05) is 30.3 Å². The number of nitrogens with one attached hydrogen (secondary N) is 1. The van der Waals surface area contributed by atoms with Crippen LogP contribution in [0.15, 0.2) is 65.5 Å². The quantitative estimate of drug-likeness (QED) is 0.673. The van der Waals surface area contributed by atoms with Crippen LogP contribution in [-0.2, 0) is 13.1 Å². The van der Waals surface area contributed by atoms with Crippen molar-refractivity contribution in [3.8, 4) is 17.0 Å². The van der Waals surface area contributed by atoms with Gasteiger partial charge in [-0.15, -0.1) is 0 Å². The molecule has 1 aliphatic rings. The van der Waals surface area contributed by atoms with Crippen LogP contribution in [0, 0.1) is 5.92 Å². The van der Waals surface area contributed by atoms with E-state index in [2.05, 4.69) is 10.4 Å². The summed E-state index contributed by atoms with van der Waals surface area (Å²) in [4.78, 5) is 25.7. The predicted molar refractivity (Wildman–Crippen MR) is 111 cm³/mol. The fourth-order valence-electron chi connectivity index (χ4n) is 3.15. The third-order valence-electron chi connectivity index (χ3n) is 5.03. The summed E-state index contributed by atoms with van der Waals surface area (Å²) in [6.07, 6.45) is 2.19. The minimum atomic E-state index is -0.388. The normalized spacial score (nSPS) is 13.1. The standard InChI is InChI=1S/C23H23N3O3/c1-29-19-11-9-18(10-12-19)21-13-20(23(28)26(25-21)15-17-7-8-17)22(27)24-14-16-5-3-2-4-6-16/h2-6,9-13,17H,7-8,14-15H2,1H3,(H,24,27). The van der Waals surface area contributed by atoms with E-state index in [9.17, 15) is 9.59 Å². The molecule has 2 aromatic carbocycles. The van der Waals surface area contributed by atoms with Gasteiger partial charge in [-0.3, -0.25) is 9.59 Å². The Morgan fingerprint density at radius 3 is 2.52 bits per heavy atom. The highest BCUT2D eigenvalue weighted by Gasteiger charge is 2.25. The largest absolute Gasteiger partial charge is 0.497 e. The Morgan fingerprint density at radius 2 is 1.86 bits per heavy atom. The van der Waals surface area contributed by atoms with Crippen molar-refractivity contribution in [3.05, 3.63) is 82.1 Å². The van der Waals surface area contributed by atoms with Gasteiger partial charge in [0.05, 0.1) is 12.8 Å². The molecular weight excluding hydrogens is 366 g/mol. The summed E-state index contributed by atoms with van der Waals surface area (Å²) in [5.74, 6) is 0.813. The Balaban J connectivity index is 1.65. The Kier molecular flexibility index (Phi) is 5.42. The molecular formula is C23H23N3O3. The Bertz CT molecular complexity index is 1050. The molecule has 1 heterocycles. The number of hydrogen-bond acceptors (Lipinski definition) is 4. The second-order valence-corrected chi connectivity index (χ2v) is 7.27. The number of ether oxygens (including phenoxy) is 1. The summed E-state index contributed by atoms with van der Waals surface area (Å²) in [7, 11) is 1.61. The van der Waals surface area contributed by atoms with Gasteiger partial charge in [-0.05, 0) is 54.7 Å². The van der Waals surface area contributed by atoms with Crippen LogP contribution in [0.1, 0.15) is 28.8 Å². The molecule has 1 saturated carbocycles. The first-order chi connectivity index (χ1) is 14.1. The summed E-state index contributed by atoms with van der Waals surface area (Å²) in [6.45, 7) is 0.906. The average molecular weight is 389 g/mol. The maximum atomic E-state index is 12.9. The van der Waals surface area contributed by atoms with Crippen molar-refractivity contribution in [1.82, 2.24) is 15.1 Å². The topological polar surface area (TPSA) is 73.2 Å². The molecule has 0 spiro atoms. The maximum absolute atomic E-state index is 12.9. The summed E-state index contributed by atoms with van der Waals surface area (Å²) in [5, 5.41) is 7.37. The monoisotopic (exact) mass is 389 g/mol. The smallest absolute Gasteiger partial charge is 0.279 e. The molecule has 1 fully saturated rings. The second-order valence-electron chi connectivity index (χ2n) is 7.27. The second kappa shape index (κ2) is 8.31. The van der Waals surface area contributed by atoms with Crippen LogP contribution in [-0.4, -0.2) is 22.8 Å². The average Bonchev–Trinajstić information content (AvgIpc) is 3.58. The fourth-order valence-corrected chi connectivity index (χ4v) is 3.15. The number of benzene rings is 2. The van der Waals surface area contributed by atoms with E-state index < -0.39 is 0 Å². The lowest BCUT2D eigenvalue weighted by Gasteiger charge is -2.11. The zero-order valence-corrected chi connectivity index (χ0v) is 16.3. The van der Waals surface area contributed by atoms with Gasteiger partial charge >= 0.3 is 0 Å². The van der Waals surface area contributed by atoms with Gasteiger partial charge < -0.3 is 10.1 Å². The van der Waals surface area contributed by atoms with Crippen LogP contribution in [0.25, 0.3) is 11.3 Å². The van der Waals surface area contributed by atoms with Gasteiger partial charge in [0.2, 0.25) is 0 Å². The molecule has 1 aliphatic carbocycles. The zero-order chi connectivity index (χ0) is 20.2. The molecule has 0 aliphatic heterocycles. The lowest BCUT2D eigenvalue weighted by molar-refractivity contribution is 0.0948. The molecule has 1 amide bonds. The van der Waals surface area contributed by atoms with Crippen molar-refractivity contribution in [2.75, 3.05) is 7.11 Å². The molecule has 0 radical (unpaired) electrons. The number of rotatable bonds is 7. The minimum absolute atomic E-state index is 0.113. The van der Waals surface area contributed by atoms with E-state index in [4.69, 9.17) is 4.74 Å². The number of aromatic nitrogens is 2. The predicted octanol–water partition coefficient (Wildman–Crippen LogP) is 3.26. The van der Waals surface area contributed by atoms with Crippen LogP contribution in [0.3, 0.4) is 0 Å². The maximum Gasteiger partial charge on any atom is 0.279 e. The molecule has 0 bridgehead atoms. The van der Waals surface area contributed by atoms with Gasteiger partial charge in [-0.25, -0.2) is 4.68 Å². The fraction of sp³-hybridized carbons (Fsp3) is 0.261. The van der Waals surface area contributed by atoms with Crippen molar-refractivity contribution in [1.29, 1.82) is 0 Å². The van der Waals surface area contributed by atoms with E-state index in [1.807, 2.05) is 54.6 Å².